The minimum atomic E-state index is -0.255. The van der Waals surface area contributed by atoms with Crippen LogP contribution in [0.5, 0.6) is 11.6 Å². The number of rotatable bonds is 8. The van der Waals surface area contributed by atoms with Gasteiger partial charge >= 0.3 is 0 Å². The third kappa shape index (κ3) is 8.18. The van der Waals surface area contributed by atoms with Crippen LogP contribution in [0.2, 0.25) is 0 Å². The van der Waals surface area contributed by atoms with E-state index in [0.29, 0.717) is 19.0 Å². The van der Waals surface area contributed by atoms with E-state index in [1.807, 2.05) is 36.4 Å². The van der Waals surface area contributed by atoms with E-state index < -0.39 is 0 Å². The van der Waals surface area contributed by atoms with Gasteiger partial charge in [0.2, 0.25) is 11.8 Å². The standard InChI is InChI=1S/C17H21N3O3.2ClH/c1-22-15(10-18)9-16(21)19-11-13-7-8-17(20-12-13)23-14-5-3-2-4-6-14;;/h2-8,12,15H,9-11,18H2,1H3,(H,19,21);2*1H. The Hall–Kier alpha value is -1.86. The van der Waals surface area contributed by atoms with Crippen LogP contribution in [0.4, 0.5) is 0 Å². The first kappa shape index (κ1) is 23.1. The summed E-state index contributed by atoms with van der Waals surface area (Å²) in [5.41, 5.74) is 6.38. The van der Waals surface area contributed by atoms with Gasteiger partial charge in [-0.2, -0.15) is 0 Å². The van der Waals surface area contributed by atoms with Crippen LogP contribution in [0, 0.1) is 0 Å². The predicted molar refractivity (Wildman–Crippen MR) is 102 cm³/mol. The Morgan fingerprint density at radius 1 is 1.20 bits per heavy atom. The SMILES string of the molecule is COC(CN)CC(=O)NCc1ccc(Oc2ccccc2)nc1.Cl.Cl. The second-order valence-electron chi connectivity index (χ2n) is 4.99. The zero-order chi connectivity index (χ0) is 16.5. The van der Waals surface area contributed by atoms with Crippen LogP contribution in [0.1, 0.15) is 12.0 Å². The molecule has 1 aromatic heterocycles. The molecule has 138 valence electrons. The van der Waals surface area contributed by atoms with E-state index >= 15 is 0 Å². The number of carbonyl (C=O) groups is 1. The molecule has 0 bridgehead atoms. The summed E-state index contributed by atoms with van der Waals surface area (Å²) < 4.78 is 10.7. The highest BCUT2D eigenvalue weighted by atomic mass is 35.5. The molecule has 0 aliphatic carbocycles. The highest BCUT2D eigenvalue weighted by molar-refractivity contribution is 5.85. The van der Waals surface area contributed by atoms with Crippen LogP contribution in [-0.4, -0.2) is 30.6 Å². The Morgan fingerprint density at radius 3 is 2.48 bits per heavy atom. The van der Waals surface area contributed by atoms with Crippen LogP contribution in [-0.2, 0) is 16.1 Å². The van der Waals surface area contributed by atoms with Gasteiger partial charge in [0, 0.05) is 32.5 Å². The second-order valence-corrected chi connectivity index (χ2v) is 4.99. The molecule has 2 aromatic rings. The van der Waals surface area contributed by atoms with Crippen molar-refractivity contribution < 1.29 is 14.3 Å². The Labute approximate surface area is 159 Å². The van der Waals surface area contributed by atoms with E-state index in [1.165, 1.54) is 0 Å². The summed E-state index contributed by atoms with van der Waals surface area (Å²) in [4.78, 5) is 16.0. The Kier molecular flexibility index (Phi) is 11.6. The summed E-state index contributed by atoms with van der Waals surface area (Å²) in [5.74, 6) is 1.13. The fourth-order valence-corrected chi connectivity index (χ4v) is 1.93. The largest absolute Gasteiger partial charge is 0.439 e. The summed E-state index contributed by atoms with van der Waals surface area (Å²) in [6, 6.07) is 13.1. The zero-order valence-electron chi connectivity index (χ0n) is 13.9. The monoisotopic (exact) mass is 387 g/mol. The lowest BCUT2D eigenvalue weighted by molar-refractivity contribution is -0.123. The van der Waals surface area contributed by atoms with Crippen molar-refractivity contribution in [1.29, 1.82) is 0 Å². The van der Waals surface area contributed by atoms with Gasteiger partial charge in [-0.3, -0.25) is 4.79 Å². The summed E-state index contributed by atoms with van der Waals surface area (Å²) in [6.45, 7) is 0.718. The van der Waals surface area contributed by atoms with Crippen molar-refractivity contribution in [2.75, 3.05) is 13.7 Å². The molecule has 1 aromatic carbocycles. The molecular formula is C17H23Cl2N3O3. The van der Waals surface area contributed by atoms with E-state index in [-0.39, 0.29) is 43.2 Å². The van der Waals surface area contributed by atoms with Gasteiger partial charge in [-0.15, -0.1) is 24.8 Å². The number of aromatic nitrogens is 1. The first-order valence-electron chi connectivity index (χ1n) is 7.38. The molecule has 0 aliphatic rings. The van der Waals surface area contributed by atoms with E-state index in [9.17, 15) is 4.79 Å². The molecule has 8 heteroatoms. The van der Waals surface area contributed by atoms with Crippen LogP contribution in [0.15, 0.2) is 48.7 Å². The number of nitrogens with two attached hydrogens (primary N) is 1. The minimum absolute atomic E-state index is 0. The number of hydrogen-bond acceptors (Lipinski definition) is 5. The van der Waals surface area contributed by atoms with Gasteiger partial charge in [-0.1, -0.05) is 24.3 Å². The number of nitrogens with zero attached hydrogens (tertiary/aromatic N) is 1. The van der Waals surface area contributed by atoms with Crippen molar-refractivity contribution in [1.82, 2.24) is 10.3 Å². The Bertz CT molecular complexity index is 608. The molecule has 1 unspecified atom stereocenters. The maximum Gasteiger partial charge on any atom is 0.222 e. The number of ether oxygens (including phenoxy) is 2. The highest BCUT2D eigenvalue weighted by Gasteiger charge is 2.11. The third-order valence-corrected chi connectivity index (χ3v) is 3.26. The van der Waals surface area contributed by atoms with Crippen LogP contribution < -0.4 is 15.8 Å². The summed E-state index contributed by atoms with van der Waals surface area (Å²) >= 11 is 0. The third-order valence-electron chi connectivity index (χ3n) is 3.26. The fraction of sp³-hybridized carbons (Fsp3) is 0.294. The normalized spacial score (nSPS) is 10.8. The predicted octanol–water partition coefficient (Wildman–Crippen LogP) is 2.70. The first-order valence-corrected chi connectivity index (χ1v) is 7.38. The number of amides is 1. The lowest BCUT2D eigenvalue weighted by Gasteiger charge is -2.12. The molecule has 3 N–H and O–H groups in total. The van der Waals surface area contributed by atoms with Gasteiger partial charge in [0.15, 0.2) is 0 Å². The highest BCUT2D eigenvalue weighted by Crippen LogP contribution is 2.18. The molecule has 1 atom stereocenters. The first-order chi connectivity index (χ1) is 11.2. The number of benzene rings is 1. The number of halogens is 2. The molecule has 0 saturated heterocycles. The van der Waals surface area contributed by atoms with E-state index in [2.05, 4.69) is 10.3 Å². The molecule has 1 heterocycles. The van der Waals surface area contributed by atoms with Crippen LogP contribution in [0.3, 0.4) is 0 Å². The maximum absolute atomic E-state index is 11.8. The summed E-state index contributed by atoms with van der Waals surface area (Å²) in [7, 11) is 1.54. The lowest BCUT2D eigenvalue weighted by atomic mass is 10.2. The average Bonchev–Trinajstić information content (AvgIpc) is 2.60. The van der Waals surface area contributed by atoms with Gasteiger partial charge in [0.25, 0.3) is 0 Å². The van der Waals surface area contributed by atoms with E-state index in [0.717, 1.165) is 11.3 Å². The molecule has 0 aliphatic heterocycles. The lowest BCUT2D eigenvalue weighted by Crippen LogP contribution is -2.31. The number of methoxy groups -OCH3 is 1. The number of pyridine rings is 1. The number of para-hydroxylation sites is 1. The summed E-state index contributed by atoms with van der Waals surface area (Å²) in [5, 5.41) is 2.81. The Balaban J connectivity index is 0.00000288. The van der Waals surface area contributed by atoms with Crippen molar-refractivity contribution in [2.24, 2.45) is 5.73 Å². The van der Waals surface area contributed by atoms with Crippen LogP contribution in [0.25, 0.3) is 0 Å². The smallest absolute Gasteiger partial charge is 0.222 e. The summed E-state index contributed by atoms with van der Waals surface area (Å²) in [6.07, 6.45) is 1.67. The van der Waals surface area contributed by atoms with E-state index in [1.54, 1.807) is 19.4 Å². The maximum atomic E-state index is 11.8. The number of carbonyl (C=O) groups excluding carboxylic acids is 1. The fourth-order valence-electron chi connectivity index (χ4n) is 1.93. The van der Waals surface area contributed by atoms with Crippen molar-refractivity contribution in [3.8, 4) is 11.6 Å². The van der Waals surface area contributed by atoms with E-state index in [4.69, 9.17) is 15.2 Å². The topological polar surface area (TPSA) is 86.5 Å². The Morgan fingerprint density at radius 2 is 1.92 bits per heavy atom. The van der Waals surface area contributed by atoms with Crippen molar-refractivity contribution >= 4 is 30.7 Å². The van der Waals surface area contributed by atoms with Gasteiger partial charge in [0.1, 0.15) is 5.75 Å². The molecule has 0 fully saturated rings. The van der Waals surface area contributed by atoms with Crippen molar-refractivity contribution in [3.63, 3.8) is 0 Å². The van der Waals surface area contributed by atoms with Crippen LogP contribution >= 0.6 is 24.8 Å². The van der Waals surface area contributed by atoms with Crippen molar-refractivity contribution in [3.05, 3.63) is 54.2 Å². The molecule has 0 spiro atoms. The van der Waals surface area contributed by atoms with Gasteiger partial charge in [0.05, 0.1) is 12.5 Å². The molecule has 25 heavy (non-hydrogen) atoms. The zero-order valence-corrected chi connectivity index (χ0v) is 15.5. The quantitative estimate of drug-likeness (QED) is 0.726. The second kappa shape index (κ2) is 12.5. The molecule has 0 radical (unpaired) electrons. The average molecular weight is 388 g/mol. The minimum Gasteiger partial charge on any atom is -0.439 e. The number of nitrogens with one attached hydrogen (secondary N) is 1. The van der Waals surface area contributed by atoms with Gasteiger partial charge in [-0.05, 0) is 17.7 Å². The van der Waals surface area contributed by atoms with Gasteiger partial charge < -0.3 is 20.5 Å². The molecular weight excluding hydrogens is 365 g/mol. The van der Waals surface area contributed by atoms with Gasteiger partial charge in [-0.25, -0.2) is 4.98 Å². The molecule has 6 nitrogen and oxygen atoms in total. The molecule has 2 rings (SSSR count). The number of hydrogen-bond donors (Lipinski definition) is 2. The van der Waals surface area contributed by atoms with Crippen molar-refractivity contribution in [2.45, 2.75) is 19.1 Å². The molecule has 0 saturated carbocycles. The molecule has 1 amide bonds.